The molecule has 1 N–H and O–H groups in total. The largest absolute Gasteiger partial charge is 0.494 e. The van der Waals surface area contributed by atoms with Crippen LogP contribution in [0.25, 0.3) is 11.0 Å². The normalized spacial score (nSPS) is 17.5. The van der Waals surface area contributed by atoms with E-state index in [1.165, 1.54) is 13.2 Å². The number of methoxy groups -OCH3 is 1. The van der Waals surface area contributed by atoms with Gasteiger partial charge in [0.25, 0.3) is 5.91 Å². The molecule has 2 fully saturated rings. The van der Waals surface area contributed by atoms with Crippen molar-refractivity contribution in [3.05, 3.63) is 52.6 Å². The second-order valence-corrected chi connectivity index (χ2v) is 9.27. The SMILES string of the molecule is COc1ccc(CN2CCC(NC(=O)c3cc(C4CC4)nc4c3c(C)nn4C)CC2)cc1F. The van der Waals surface area contributed by atoms with Gasteiger partial charge in [0.05, 0.1) is 23.8 Å². The molecule has 174 valence electrons. The van der Waals surface area contributed by atoms with Gasteiger partial charge in [0, 0.05) is 44.3 Å². The number of rotatable bonds is 6. The van der Waals surface area contributed by atoms with E-state index in [2.05, 4.69) is 15.3 Å². The van der Waals surface area contributed by atoms with Crippen LogP contribution in [-0.2, 0) is 13.6 Å². The molecular formula is C25H30FN5O2. The number of nitrogens with one attached hydrogen (secondary N) is 1. The third-order valence-corrected chi connectivity index (χ3v) is 6.77. The smallest absolute Gasteiger partial charge is 0.252 e. The molecule has 0 radical (unpaired) electrons. The van der Waals surface area contributed by atoms with Gasteiger partial charge in [-0.1, -0.05) is 6.07 Å². The van der Waals surface area contributed by atoms with Crippen molar-refractivity contribution in [1.82, 2.24) is 25.0 Å². The topological polar surface area (TPSA) is 72.3 Å². The summed E-state index contributed by atoms with van der Waals surface area (Å²) < 4.78 is 20.8. The van der Waals surface area contributed by atoms with Gasteiger partial charge < -0.3 is 10.1 Å². The molecule has 2 aliphatic rings. The Morgan fingerprint density at radius 3 is 2.64 bits per heavy atom. The van der Waals surface area contributed by atoms with Gasteiger partial charge in [0.2, 0.25) is 0 Å². The fraction of sp³-hybridized carbons (Fsp3) is 0.480. The van der Waals surface area contributed by atoms with Crippen molar-refractivity contribution < 1.29 is 13.9 Å². The molecule has 0 atom stereocenters. The van der Waals surface area contributed by atoms with Gasteiger partial charge in [-0.3, -0.25) is 14.4 Å². The predicted octanol–water partition coefficient (Wildman–Crippen LogP) is 3.70. The molecule has 0 spiro atoms. The van der Waals surface area contributed by atoms with Crippen molar-refractivity contribution in [1.29, 1.82) is 0 Å². The number of nitrogens with zero attached hydrogens (tertiary/aromatic N) is 4. The molecule has 2 aromatic heterocycles. The van der Waals surface area contributed by atoms with E-state index in [1.54, 1.807) is 10.7 Å². The van der Waals surface area contributed by atoms with E-state index in [-0.39, 0.29) is 23.5 Å². The number of benzene rings is 1. The third-order valence-electron chi connectivity index (χ3n) is 6.77. The van der Waals surface area contributed by atoms with Crippen molar-refractivity contribution in [3.8, 4) is 5.75 Å². The maximum absolute atomic E-state index is 14.0. The summed E-state index contributed by atoms with van der Waals surface area (Å²) in [5.41, 5.74) is 4.22. The summed E-state index contributed by atoms with van der Waals surface area (Å²) in [5, 5.41) is 8.60. The Kier molecular flexibility index (Phi) is 5.78. The third kappa shape index (κ3) is 4.44. The van der Waals surface area contributed by atoms with Crippen LogP contribution in [0.5, 0.6) is 5.75 Å². The molecule has 8 heteroatoms. The number of hydrogen-bond donors (Lipinski definition) is 1. The van der Waals surface area contributed by atoms with Crippen LogP contribution in [0.3, 0.4) is 0 Å². The van der Waals surface area contributed by atoms with E-state index in [9.17, 15) is 9.18 Å². The number of fused-ring (bicyclic) bond motifs is 1. The Labute approximate surface area is 192 Å². The highest BCUT2D eigenvalue weighted by Gasteiger charge is 2.29. The minimum Gasteiger partial charge on any atom is -0.494 e. The number of carbonyl (C=O) groups is 1. The number of likely N-dealkylation sites (tertiary alicyclic amines) is 1. The second kappa shape index (κ2) is 8.74. The highest BCUT2D eigenvalue weighted by molar-refractivity contribution is 6.06. The predicted molar refractivity (Wildman–Crippen MR) is 124 cm³/mol. The first-order valence-electron chi connectivity index (χ1n) is 11.6. The molecule has 1 aliphatic carbocycles. The number of halogens is 1. The fourth-order valence-corrected chi connectivity index (χ4v) is 4.80. The molecule has 1 aromatic carbocycles. The van der Waals surface area contributed by atoms with Crippen LogP contribution in [0.2, 0.25) is 0 Å². The lowest BCUT2D eigenvalue weighted by atomic mass is 10.0. The maximum Gasteiger partial charge on any atom is 0.252 e. The zero-order valence-corrected chi connectivity index (χ0v) is 19.4. The van der Waals surface area contributed by atoms with Crippen LogP contribution >= 0.6 is 0 Å². The number of piperidine rings is 1. The molecular weight excluding hydrogens is 421 g/mol. The first kappa shape index (κ1) is 21.8. The van der Waals surface area contributed by atoms with E-state index in [0.29, 0.717) is 18.0 Å². The van der Waals surface area contributed by atoms with Crippen LogP contribution in [0.1, 0.15) is 58.9 Å². The first-order valence-corrected chi connectivity index (χ1v) is 11.6. The summed E-state index contributed by atoms with van der Waals surface area (Å²) in [4.78, 5) is 20.4. The zero-order chi connectivity index (χ0) is 23.1. The Morgan fingerprint density at radius 1 is 1.21 bits per heavy atom. The number of ether oxygens (including phenoxy) is 1. The van der Waals surface area contributed by atoms with Gasteiger partial charge in [-0.15, -0.1) is 0 Å². The van der Waals surface area contributed by atoms with E-state index in [4.69, 9.17) is 9.72 Å². The molecule has 0 bridgehead atoms. The maximum atomic E-state index is 14.0. The summed E-state index contributed by atoms with van der Waals surface area (Å²) in [6.07, 6.45) is 3.99. The highest BCUT2D eigenvalue weighted by atomic mass is 19.1. The molecule has 5 rings (SSSR count). The van der Waals surface area contributed by atoms with Crippen molar-refractivity contribution in [2.45, 2.75) is 51.1 Å². The molecule has 1 saturated heterocycles. The van der Waals surface area contributed by atoms with E-state index in [0.717, 1.165) is 66.8 Å². The van der Waals surface area contributed by atoms with Gasteiger partial charge in [-0.25, -0.2) is 9.37 Å². The Bertz CT molecular complexity index is 1200. The summed E-state index contributed by atoms with van der Waals surface area (Å²) in [6, 6.07) is 7.19. The number of carbonyl (C=O) groups excluding carboxylic acids is 1. The molecule has 3 aromatic rings. The van der Waals surface area contributed by atoms with Crippen molar-refractivity contribution >= 4 is 16.9 Å². The lowest BCUT2D eigenvalue weighted by Crippen LogP contribution is -2.44. The van der Waals surface area contributed by atoms with E-state index < -0.39 is 0 Å². The minimum absolute atomic E-state index is 0.0453. The van der Waals surface area contributed by atoms with Crippen LogP contribution in [-0.4, -0.2) is 51.8 Å². The first-order chi connectivity index (χ1) is 15.9. The van der Waals surface area contributed by atoms with Gasteiger partial charge in [-0.05, 0) is 56.4 Å². The molecule has 33 heavy (non-hydrogen) atoms. The molecule has 1 aliphatic heterocycles. The second-order valence-electron chi connectivity index (χ2n) is 9.27. The standard InChI is InChI=1S/C25H30FN5O2/c1-15-23-19(13-21(17-5-6-17)28-24(23)30(2)29-15)25(32)27-18-8-10-31(11-9-18)14-16-4-7-22(33-3)20(26)12-16/h4,7,12-13,17-18H,5-6,8-11,14H2,1-3H3,(H,27,32). The van der Waals surface area contributed by atoms with Crippen molar-refractivity contribution in [2.75, 3.05) is 20.2 Å². The quantitative estimate of drug-likeness (QED) is 0.619. The zero-order valence-electron chi connectivity index (χ0n) is 19.4. The van der Waals surface area contributed by atoms with E-state index in [1.807, 2.05) is 26.1 Å². The van der Waals surface area contributed by atoms with Crippen LogP contribution in [0.4, 0.5) is 4.39 Å². The molecule has 7 nitrogen and oxygen atoms in total. The molecule has 0 unspecified atom stereocenters. The highest BCUT2D eigenvalue weighted by Crippen LogP contribution is 2.40. The lowest BCUT2D eigenvalue weighted by molar-refractivity contribution is 0.0910. The Morgan fingerprint density at radius 2 is 1.97 bits per heavy atom. The number of aromatic nitrogens is 3. The van der Waals surface area contributed by atoms with Gasteiger partial charge in [-0.2, -0.15) is 5.10 Å². The number of amides is 1. The van der Waals surface area contributed by atoms with Crippen molar-refractivity contribution in [2.24, 2.45) is 7.05 Å². The van der Waals surface area contributed by atoms with Crippen LogP contribution in [0, 0.1) is 12.7 Å². The summed E-state index contributed by atoms with van der Waals surface area (Å²) in [7, 11) is 3.35. The average molecular weight is 452 g/mol. The number of pyridine rings is 1. The van der Waals surface area contributed by atoms with Gasteiger partial charge in [0.1, 0.15) is 0 Å². The summed E-state index contributed by atoms with van der Waals surface area (Å²) in [5.74, 6) is 0.342. The van der Waals surface area contributed by atoms with Gasteiger partial charge in [0.15, 0.2) is 17.2 Å². The Balaban J connectivity index is 1.25. The van der Waals surface area contributed by atoms with Gasteiger partial charge >= 0.3 is 0 Å². The summed E-state index contributed by atoms with van der Waals surface area (Å²) >= 11 is 0. The average Bonchev–Trinajstić information content (AvgIpc) is 3.61. The van der Waals surface area contributed by atoms with Crippen LogP contribution in [0.15, 0.2) is 24.3 Å². The molecule has 3 heterocycles. The number of hydrogen-bond acceptors (Lipinski definition) is 5. The summed E-state index contributed by atoms with van der Waals surface area (Å²) in [6.45, 7) is 4.32. The molecule has 1 amide bonds. The number of aryl methyl sites for hydroxylation is 2. The van der Waals surface area contributed by atoms with E-state index >= 15 is 0 Å². The molecule has 1 saturated carbocycles. The van der Waals surface area contributed by atoms with Crippen LogP contribution < -0.4 is 10.1 Å². The minimum atomic E-state index is -0.336. The Hall–Kier alpha value is -3.00. The monoisotopic (exact) mass is 451 g/mol. The lowest BCUT2D eigenvalue weighted by Gasteiger charge is -2.32. The fourth-order valence-electron chi connectivity index (χ4n) is 4.80. The van der Waals surface area contributed by atoms with Crippen molar-refractivity contribution in [3.63, 3.8) is 0 Å².